The van der Waals surface area contributed by atoms with Crippen LogP contribution in [0.1, 0.15) is 16.7 Å². The Labute approximate surface area is 306 Å². The van der Waals surface area contributed by atoms with Gasteiger partial charge in [0.15, 0.2) is 0 Å². The second kappa shape index (κ2) is 14.3. The van der Waals surface area contributed by atoms with Crippen molar-refractivity contribution in [1.29, 1.82) is 0 Å². The van der Waals surface area contributed by atoms with Gasteiger partial charge >= 0.3 is 0 Å². The van der Waals surface area contributed by atoms with E-state index < -0.39 is 0 Å². The average molecular weight is 669 g/mol. The number of hydrogen-bond acceptors (Lipinski definition) is 2. The van der Waals surface area contributed by atoms with Gasteiger partial charge in [0.1, 0.15) is 0 Å². The number of allylic oxidation sites excluding steroid dienone is 2. The fourth-order valence-corrected chi connectivity index (χ4v) is 7.38. The third kappa shape index (κ3) is 6.16. The number of rotatable bonds is 9. The molecule has 0 radical (unpaired) electrons. The smallest absolute Gasteiger partial charge is 0.0569 e. The summed E-state index contributed by atoms with van der Waals surface area (Å²) in [6.45, 7) is 8.38. The van der Waals surface area contributed by atoms with E-state index in [2.05, 4.69) is 212 Å². The molecule has 0 amide bonds. The number of aryl methyl sites for hydroxylation is 2. The van der Waals surface area contributed by atoms with Gasteiger partial charge in [-0.05, 0) is 112 Å². The highest BCUT2D eigenvalue weighted by Gasteiger charge is 2.21. The summed E-state index contributed by atoms with van der Waals surface area (Å²) in [5.74, 6) is 0. The molecule has 8 rings (SSSR count). The Morgan fingerprint density at radius 3 is 1.50 bits per heavy atom. The fraction of sp³-hybridized carbons (Fsp3) is 0.0400. The van der Waals surface area contributed by atoms with Crippen LogP contribution in [0.25, 0.3) is 38.7 Å². The van der Waals surface area contributed by atoms with Crippen molar-refractivity contribution in [3.63, 3.8) is 0 Å². The molecule has 0 heterocycles. The van der Waals surface area contributed by atoms with E-state index in [0.717, 1.165) is 39.6 Å². The Hall–Kier alpha value is -6.64. The van der Waals surface area contributed by atoms with Crippen LogP contribution in [0.3, 0.4) is 0 Å². The summed E-state index contributed by atoms with van der Waals surface area (Å²) in [7, 11) is 0. The first-order chi connectivity index (χ1) is 25.6. The third-order valence-electron chi connectivity index (χ3n) is 9.88. The monoisotopic (exact) mass is 668 g/mol. The van der Waals surface area contributed by atoms with Gasteiger partial charge in [0.25, 0.3) is 0 Å². The molecule has 0 saturated heterocycles. The molecule has 0 aromatic heterocycles. The molecule has 0 bridgehead atoms. The molecule has 250 valence electrons. The molecule has 0 aliphatic heterocycles. The molecule has 52 heavy (non-hydrogen) atoms. The molecule has 0 saturated carbocycles. The van der Waals surface area contributed by atoms with Crippen LogP contribution in [-0.2, 0) is 0 Å². The summed E-state index contributed by atoms with van der Waals surface area (Å²) in [5, 5.41) is 4.93. The zero-order chi connectivity index (χ0) is 35.4. The van der Waals surface area contributed by atoms with Gasteiger partial charge in [-0.15, -0.1) is 0 Å². The summed E-state index contributed by atoms with van der Waals surface area (Å²) in [6, 6.07) is 63.2. The highest BCUT2D eigenvalue weighted by molar-refractivity contribution is 6.01. The van der Waals surface area contributed by atoms with E-state index in [9.17, 15) is 0 Å². The molecule has 0 atom stereocenters. The van der Waals surface area contributed by atoms with E-state index in [0.29, 0.717) is 0 Å². The van der Waals surface area contributed by atoms with Gasteiger partial charge in [0, 0.05) is 28.1 Å². The molecule has 0 N–H and O–H groups in total. The van der Waals surface area contributed by atoms with Crippen molar-refractivity contribution in [3.05, 3.63) is 211 Å². The normalized spacial score (nSPS) is 11.3. The molecular weight excluding hydrogens is 629 g/mol. The van der Waals surface area contributed by atoms with Gasteiger partial charge in [-0.2, -0.15) is 0 Å². The summed E-state index contributed by atoms with van der Waals surface area (Å²) < 4.78 is 0. The van der Waals surface area contributed by atoms with E-state index >= 15 is 0 Å². The van der Waals surface area contributed by atoms with Crippen LogP contribution in [0.5, 0.6) is 0 Å². The topological polar surface area (TPSA) is 6.48 Å². The van der Waals surface area contributed by atoms with Crippen LogP contribution in [-0.4, -0.2) is 0 Å². The lowest BCUT2D eigenvalue weighted by Gasteiger charge is -2.30. The molecule has 0 unspecified atom stereocenters. The van der Waals surface area contributed by atoms with Crippen molar-refractivity contribution < 1.29 is 0 Å². The predicted octanol–water partition coefficient (Wildman–Crippen LogP) is 14.4. The van der Waals surface area contributed by atoms with Gasteiger partial charge in [0.2, 0.25) is 0 Å². The molecule has 8 aromatic rings. The van der Waals surface area contributed by atoms with Crippen LogP contribution < -0.4 is 9.80 Å². The Morgan fingerprint density at radius 1 is 0.442 bits per heavy atom. The van der Waals surface area contributed by atoms with Crippen molar-refractivity contribution in [2.75, 3.05) is 9.80 Å². The summed E-state index contributed by atoms with van der Waals surface area (Å²) >= 11 is 0. The van der Waals surface area contributed by atoms with Gasteiger partial charge in [0.05, 0.1) is 11.4 Å². The first kappa shape index (κ1) is 32.6. The van der Waals surface area contributed by atoms with E-state index in [4.69, 9.17) is 0 Å². The van der Waals surface area contributed by atoms with Gasteiger partial charge in [-0.25, -0.2) is 0 Å². The third-order valence-corrected chi connectivity index (χ3v) is 9.88. The molecule has 0 spiro atoms. The molecular formula is C50H40N2. The fourth-order valence-electron chi connectivity index (χ4n) is 7.38. The predicted molar refractivity (Wildman–Crippen MR) is 225 cm³/mol. The van der Waals surface area contributed by atoms with Gasteiger partial charge < -0.3 is 9.80 Å². The molecule has 2 nitrogen and oxygen atoms in total. The lowest BCUT2D eigenvalue weighted by atomic mass is 9.96. The largest absolute Gasteiger partial charge is 0.310 e. The number of benzene rings is 8. The standard InChI is InChI=1S/C50H40N2/c1-4-5-16-42-35-41-18-13-14-23-47(41)37(3)50(42)52(44-21-10-7-11-22-44)46-33-29-39(30-34-46)38-27-31-45(32-28-38)51(43-19-8-6-9-20-43)49-36(2)25-26-40-17-12-15-24-48(40)49/h4-35H,1H2,2-3H3/b16-5-. The number of hydrogen-bond donors (Lipinski definition) is 0. The summed E-state index contributed by atoms with van der Waals surface area (Å²) in [6.07, 6.45) is 6.01. The van der Waals surface area contributed by atoms with Crippen LogP contribution in [0, 0.1) is 13.8 Å². The van der Waals surface area contributed by atoms with Crippen molar-refractivity contribution in [2.45, 2.75) is 13.8 Å². The minimum Gasteiger partial charge on any atom is -0.310 e. The van der Waals surface area contributed by atoms with Crippen LogP contribution >= 0.6 is 0 Å². The maximum atomic E-state index is 3.95. The van der Waals surface area contributed by atoms with E-state index in [-0.39, 0.29) is 0 Å². The Balaban J connectivity index is 1.20. The van der Waals surface area contributed by atoms with E-state index in [1.807, 2.05) is 12.2 Å². The van der Waals surface area contributed by atoms with Crippen molar-refractivity contribution >= 4 is 61.7 Å². The molecule has 0 aliphatic rings. The quantitative estimate of drug-likeness (QED) is 0.141. The number of fused-ring (bicyclic) bond motifs is 2. The Kier molecular flexibility index (Phi) is 8.96. The van der Waals surface area contributed by atoms with Crippen molar-refractivity contribution in [3.8, 4) is 11.1 Å². The van der Waals surface area contributed by atoms with Crippen LogP contribution in [0.15, 0.2) is 195 Å². The van der Waals surface area contributed by atoms with E-state index in [1.54, 1.807) is 0 Å². The lowest BCUT2D eigenvalue weighted by molar-refractivity contribution is 1.25. The minimum absolute atomic E-state index is 1.10. The van der Waals surface area contributed by atoms with Gasteiger partial charge in [-0.3, -0.25) is 0 Å². The zero-order valence-electron chi connectivity index (χ0n) is 29.6. The first-order valence-corrected chi connectivity index (χ1v) is 17.8. The second-order valence-corrected chi connectivity index (χ2v) is 13.1. The second-order valence-electron chi connectivity index (χ2n) is 13.1. The number of anilines is 6. The van der Waals surface area contributed by atoms with Crippen LogP contribution in [0.2, 0.25) is 0 Å². The molecule has 8 aromatic carbocycles. The molecule has 0 aliphatic carbocycles. The Morgan fingerprint density at radius 2 is 0.923 bits per heavy atom. The lowest BCUT2D eigenvalue weighted by Crippen LogP contribution is -2.13. The highest BCUT2D eigenvalue weighted by Crippen LogP contribution is 2.44. The van der Waals surface area contributed by atoms with Crippen LogP contribution in [0.4, 0.5) is 34.1 Å². The number of para-hydroxylation sites is 2. The average Bonchev–Trinajstić information content (AvgIpc) is 3.20. The van der Waals surface area contributed by atoms with E-state index in [1.165, 1.54) is 43.9 Å². The summed E-state index contributed by atoms with van der Waals surface area (Å²) in [5.41, 5.74) is 12.8. The SMILES string of the molecule is C=C/C=C\c1cc2ccccc2c(C)c1N(c1ccccc1)c1ccc(-c2ccc(N(c3ccccc3)c3c(C)ccc4ccccc34)cc2)cc1. The van der Waals surface area contributed by atoms with Gasteiger partial charge in [-0.1, -0.05) is 146 Å². The first-order valence-electron chi connectivity index (χ1n) is 17.8. The highest BCUT2D eigenvalue weighted by atomic mass is 15.2. The molecule has 0 fully saturated rings. The van der Waals surface area contributed by atoms with Crippen molar-refractivity contribution in [1.82, 2.24) is 0 Å². The summed E-state index contributed by atoms with van der Waals surface area (Å²) in [4.78, 5) is 4.76. The maximum absolute atomic E-state index is 3.95. The number of nitrogens with zero attached hydrogens (tertiary/aromatic N) is 2. The van der Waals surface area contributed by atoms with Crippen molar-refractivity contribution in [2.24, 2.45) is 0 Å². The molecule has 2 heteroatoms. The zero-order valence-corrected chi connectivity index (χ0v) is 29.6. The Bertz CT molecular complexity index is 2530. The minimum atomic E-state index is 1.10. The maximum Gasteiger partial charge on any atom is 0.0569 e.